The Balaban J connectivity index is 1.41. The maximum absolute atomic E-state index is 12.9. The highest BCUT2D eigenvalue weighted by Crippen LogP contribution is 2.21. The lowest BCUT2D eigenvalue weighted by atomic mass is 10.2. The number of anilines is 2. The van der Waals surface area contributed by atoms with Crippen LogP contribution in [0.3, 0.4) is 0 Å². The van der Waals surface area contributed by atoms with Gasteiger partial charge in [0.15, 0.2) is 5.82 Å². The van der Waals surface area contributed by atoms with Gasteiger partial charge < -0.3 is 24.0 Å². The van der Waals surface area contributed by atoms with E-state index in [0.717, 1.165) is 38.2 Å². The molecule has 8 heteroatoms. The second-order valence-corrected chi connectivity index (χ2v) is 6.94. The zero-order chi connectivity index (χ0) is 18.6. The van der Waals surface area contributed by atoms with Crippen molar-refractivity contribution in [3.05, 3.63) is 35.9 Å². The lowest BCUT2D eigenvalue weighted by Gasteiger charge is -2.25. The standard InChI is InChI=1S/C19H25N5O3/c1-15-14-20-4-3-16(15)22-5-2-6-24(8-7-22)19(25)17-13-18(21-27-17)23-9-11-26-12-10-23/h3-4,13-14H,2,5-12H2,1H3. The number of morpholine rings is 1. The van der Waals surface area contributed by atoms with Gasteiger partial charge in [0.2, 0.25) is 5.76 Å². The number of hydrogen-bond acceptors (Lipinski definition) is 7. The molecule has 2 fully saturated rings. The molecule has 0 atom stereocenters. The summed E-state index contributed by atoms with van der Waals surface area (Å²) >= 11 is 0. The van der Waals surface area contributed by atoms with Crippen molar-refractivity contribution < 1.29 is 14.1 Å². The van der Waals surface area contributed by atoms with Gasteiger partial charge in [0.25, 0.3) is 5.91 Å². The summed E-state index contributed by atoms with van der Waals surface area (Å²) in [5.74, 6) is 0.936. The SMILES string of the molecule is Cc1cnccc1N1CCCN(C(=O)c2cc(N3CCOCC3)no2)CC1. The van der Waals surface area contributed by atoms with Gasteiger partial charge in [-0.3, -0.25) is 9.78 Å². The van der Waals surface area contributed by atoms with Crippen molar-refractivity contribution in [2.45, 2.75) is 13.3 Å². The minimum atomic E-state index is -0.0877. The van der Waals surface area contributed by atoms with Crippen LogP contribution in [0.4, 0.5) is 11.5 Å². The van der Waals surface area contributed by atoms with Crippen LogP contribution in [0.1, 0.15) is 22.5 Å². The van der Waals surface area contributed by atoms with E-state index in [1.807, 2.05) is 23.4 Å². The molecule has 8 nitrogen and oxygen atoms in total. The van der Waals surface area contributed by atoms with E-state index in [1.54, 1.807) is 6.07 Å². The summed E-state index contributed by atoms with van der Waals surface area (Å²) in [7, 11) is 0. The van der Waals surface area contributed by atoms with Crippen LogP contribution < -0.4 is 9.80 Å². The molecule has 4 rings (SSSR count). The molecule has 4 heterocycles. The first-order valence-corrected chi connectivity index (χ1v) is 9.46. The highest BCUT2D eigenvalue weighted by Gasteiger charge is 2.25. The van der Waals surface area contributed by atoms with E-state index in [1.165, 1.54) is 5.69 Å². The Bertz CT molecular complexity index is 787. The first-order chi connectivity index (χ1) is 13.2. The lowest BCUT2D eigenvalue weighted by Crippen LogP contribution is -2.36. The minimum absolute atomic E-state index is 0.0877. The van der Waals surface area contributed by atoms with Crippen molar-refractivity contribution in [2.75, 3.05) is 62.3 Å². The number of pyridine rings is 1. The average molecular weight is 371 g/mol. The minimum Gasteiger partial charge on any atom is -0.378 e. The maximum atomic E-state index is 12.9. The molecule has 2 aliphatic rings. The third-order valence-corrected chi connectivity index (χ3v) is 5.16. The fourth-order valence-electron chi connectivity index (χ4n) is 3.65. The number of aromatic nitrogens is 2. The van der Waals surface area contributed by atoms with Crippen LogP contribution in [0.2, 0.25) is 0 Å². The topological polar surface area (TPSA) is 74.9 Å². The van der Waals surface area contributed by atoms with Gasteiger partial charge in [0.1, 0.15) is 0 Å². The highest BCUT2D eigenvalue weighted by molar-refractivity contribution is 5.92. The number of nitrogens with zero attached hydrogens (tertiary/aromatic N) is 5. The van der Waals surface area contributed by atoms with Crippen LogP contribution in [0.15, 0.2) is 29.0 Å². The number of carbonyl (C=O) groups excluding carboxylic acids is 1. The fraction of sp³-hybridized carbons (Fsp3) is 0.526. The zero-order valence-corrected chi connectivity index (χ0v) is 15.6. The van der Waals surface area contributed by atoms with Crippen molar-refractivity contribution in [3.63, 3.8) is 0 Å². The van der Waals surface area contributed by atoms with Crippen LogP contribution in [0.25, 0.3) is 0 Å². The summed E-state index contributed by atoms with van der Waals surface area (Å²) in [6.07, 6.45) is 4.61. The third-order valence-electron chi connectivity index (χ3n) is 5.16. The van der Waals surface area contributed by atoms with Crippen LogP contribution in [0.5, 0.6) is 0 Å². The number of aryl methyl sites for hydroxylation is 1. The Morgan fingerprint density at radius 2 is 1.93 bits per heavy atom. The lowest BCUT2D eigenvalue weighted by molar-refractivity contribution is 0.0725. The van der Waals surface area contributed by atoms with Gasteiger partial charge in [-0.2, -0.15) is 0 Å². The molecule has 2 aromatic heterocycles. The molecule has 27 heavy (non-hydrogen) atoms. The predicted molar refractivity (Wildman–Crippen MR) is 101 cm³/mol. The molecule has 0 aromatic carbocycles. The Hall–Kier alpha value is -2.61. The van der Waals surface area contributed by atoms with Gasteiger partial charge in [-0.1, -0.05) is 5.16 Å². The summed E-state index contributed by atoms with van der Waals surface area (Å²) in [5, 5.41) is 4.08. The molecule has 0 aliphatic carbocycles. The smallest absolute Gasteiger partial charge is 0.292 e. The van der Waals surface area contributed by atoms with Gasteiger partial charge in [-0.25, -0.2) is 0 Å². The summed E-state index contributed by atoms with van der Waals surface area (Å²) < 4.78 is 10.7. The molecule has 0 saturated carbocycles. The van der Waals surface area contributed by atoms with Crippen LogP contribution in [-0.2, 0) is 4.74 Å². The van der Waals surface area contributed by atoms with E-state index in [-0.39, 0.29) is 5.91 Å². The highest BCUT2D eigenvalue weighted by atomic mass is 16.5. The molecular weight excluding hydrogens is 346 g/mol. The molecule has 0 unspecified atom stereocenters. The number of carbonyl (C=O) groups is 1. The number of rotatable bonds is 3. The molecular formula is C19H25N5O3. The molecule has 0 spiro atoms. The predicted octanol–water partition coefficient (Wildman–Crippen LogP) is 1.57. The second kappa shape index (κ2) is 7.96. The number of hydrogen-bond donors (Lipinski definition) is 0. The Kier molecular flexibility index (Phi) is 5.24. The quantitative estimate of drug-likeness (QED) is 0.811. The molecule has 2 aromatic rings. The molecule has 0 bridgehead atoms. The monoisotopic (exact) mass is 371 g/mol. The molecule has 2 aliphatic heterocycles. The second-order valence-electron chi connectivity index (χ2n) is 6.94. The van der Waals surface area contributed by atoms with Crippen molar-refractivity contribution in [1.82, 2.24) is 15.0 Å². The summed E-state index contributed by atoms with van der Waals surface area (Å²) in [5.41, 5.74) is 2.34. The van der Waals surface area contributed by atoms with Crippen LogP contribution >= 0.6 is 0 Å². The molecule has 0 radical (unpaired) electrons. The van der Waals surface area contributed by atoms with E-state index in [4.69, 9.17) is 9.26 Å². The van der Waals surface area contributed by atoms with Gasteiger partial charge in [0.05, 0.1) is 13.2 Å². The van der Waals surface area contributed by atoms with Crippen LogP contribution in [-0.4, -0.2) is 73.4 Å². The van der Waals surface area contributed by atoms with E-state index in [9.17, 15) is 4.79 Å². The fourth-order valence-corrected chi connectivity index (χ4v) is 3.65. The zero-order valence-electron chi connectivity index (χ0n) is 15.6. The summed E-state index contributed by atoms with van der Waals surface area (Å²) in [6.45, 7) is 8.04. The summed E-state index contributed by atoms with van der Waals surface area (Å²) in [4.78, 5) is 23.3. The van der Waals surface area contributed by atoms with E-state index in [0.29, 0.717) is 37.9 Å². The number of amides is 1. The largest absolute Gasteiger partial charge is 0.378 e. The molecule has 2 saturated heterocycles. The first-order valence-electron chi connectivity index (χ1n) is 9.46. The van der Waals surface area contributed by atoms with Crippen molar-refractivity contribution in [3.8, 4) is 0 Å². The van der Waals surface area contributed by atoms with Crippen molar-refractivity contribution in [1.29, 1.82) is 0 Å². The molecule has 144 valence electrons. The molecule has 1 amide bonds. The average Bonchev–Trinajstić information content (AvgIpc) is 3.07. The molecule has 0 N–H and O–H groups in total. The van der Waals surface area contributed by atoms with E-state index in [2.05, 4.69) is 26.9 Å². The van der Waals surface area contributed by atoms with Crippen molar-refractivity contribution >= 4 is 17.4 Å². The third kappa shape index (κ3) is 3.90. The Labute approximate surface area is 158 Å². The van der Waals surface area contributed by atoms with Gasteiger partial charge in [-0.05, 0) is 25.0 Å². The Morgan fingerprint density at radius 1 is 1.07 bits per heavy atom. The van der Waals surface area contributed by atoms with Gasteiger partial charge >= 0.3 is 0 Å². The van der Waals surface area contributed by atoms with E-state index < -0.39 is 0 Å². The Morgan fingerprint density at radius 3 is 2.74 bits per heavy atom. The van der Waals surface area contributed by atoms with Crippen LogP contribution in [0, 0.1) is 6.92 Å². The number of ether oxygens (including phenoxy) is 1. The first kappa shape index (κ1) is 17.8. The summed E-state index contributed by atoms with van der Waals surface area (Å²) in [6, 6.07) is 3.79. The van der Waals surface area contributed by atoms with Gasteiger partial charge in [-0.15, -0.1) is 0 Å². The van der Waals surface area contributed by atoms with Gasteiger partial charge in [0, 0.05) is 63.4 Å². The normalized spacial score (nSPS) is 18.5. The maximum Gasteiger partial charge on any atom is 0.292 e. The van der Waals surface area contributed by atoms with Crippen molar-refractivity contribution in [2.24, 2.45) is 0 Å². The van der Waals surface area contributed by atoms with E-state index >= 15 is 0 Å².